The molecule has 2 unspecified atom stereocenters. The number of nitrogen functional groups attached to an aromatic ring is 1. The van der Waals surface area contributed by atoms with Crippen molar-refractivity contribution in [1.29, 1.82) is 0 Å². The van der Waals surface area contributed by atoms with Crippen molar-refractivity contribution >= 4 is 46.4 Å². The minimum atomic E-state index is -5.74. The molecule has 0 spiro atoms. The number of hydrogen-bond acceptors (Lipinski definition) is 13. The first-order valence-electron chi connectivity index (χ1n) is 9.67. The molecule has 4 rings (SSSR count). The van der Waals surface area contributed by atoms with Crippen LogP contribution >= 0.6 is 23.5 Å². The minimum Gasteiger partial charge on any atom is -0.387 e. The highest BCUT2D eigenvalue weighted by atomic mass is 31.3. The summed E-state index contributed by atoms with van der Waals surface area (Å²) in [6.45, 7) is -1.04. The molecule has 1 aliphatic carbocycles. The van der Waals surface area contributed by atoms with Gasteiger partial charge >= 0.3 is 23.5 Å². The molecule has 196 valence electrons. The Morgan fingerprint density at radius 2 is 1.86 bits per heavy atom. The number of aliphatic hydroxyl groups excluding tert-OH is 1. The van der Waals surface area contributed by atoms with E-state index >= 15 is 0 Å². The third-order valence-corrected chi connectivity index (χ3v) is 8.55. The fourth-order valence-corrected chi connectivity index (χ4v) is 6.21. The smallest absolute Gasteiger partial charge is 0.387 e. The Kier molecular flexibility index (Phi) is 7.09. The lowest BCUT2D eigenvalue weighted by atomic mass is 10.1. The van der Waals surface area contributed by atoms with E-state index in [-0.39, 0.29) is 23.2 Å². The van der Waals surface area contributed by atoms with Crippen LogP contribution in [0.15, 0.2) is 6.33 Å². The zero-order valence-electron chi connectivity index (χ0n) is 17.3. The maximum atomic E-state index is 14.9. The second-order valence-electron chi connectivity index (χ2n) is 7.56. The summed E-state index contributed by atoms with van der Waals surface area (Å²) in [6, 6.07) is 0.190. The maximum Gasteiger partial charge on any atom is 0.490 e. The summed E-state index contributed by atoms with van der Waals surface area (Å²) < 4.78 is 66.9. The van der Waals surface area contributed by atoms with Crippen molar-refractivity contribution in [3.63, 3.8) is 0 Å². The first-order chi connectivity index (χ1) is 16.1. The lowest BCUT2D eigenvalue weighted by molar-refractivity contribution is -0.0450. The molecule has 0 amide bonds. The van der Waals surface area contributed by atoms with Gasteiger partial charge in [-0.25, -0.2) is 23.1 Å². The van der Waals surface area contributed by atoms with Gasteiger partial charge in [-0.2, -0.15) is 18.6 Å². The molecule has 1 saturated carbocycles. The molecule has 2 aromatic rings. The monoisotopic (exact) mass is 564 g/mol. The number of ether oxygens (including phenoxy) is 1. The van der Waals surface area contributed by atoms with Crippen molar-refractivity contribution in [2.45, 2.75) is 43.5 Å². The van der Waals surface area contributed by atoms with Crippen LogP contribution < -0.4 is 11.1 Å². The topological polar surface area (TPSA) is 271 Å². The summed E-state index contributed by atoms with van der Waals surface area (Å²) in [6.07, 6.45) is -4.13. The molecule has 6 atom stereocenters. The number of phosphoric acid groups is 3. The van der Waals surface area contributed by atoms with Crippen molar-refractivity contribution in [3.8, 4) is 0 Å². The Labute approximate surface area is 194 Å². The Balaban J connectivity index is 1.47. The number of rotatable bonds is 10. The number of nitrogens with two attached hydrogens (primary N) is 1. The largest absolute Gasteiger partial charge is 0.490 e. The van der Waals surface area contributed by atoms with Crippen LogP contribution in [-0.2, 0) is 31.6 Å². The molecule has 22 heteroatoms. The first-order valence-corrected chi connectivity index (χ1v) is 14.2. The standard InChI is InChI=1S/C13H20FN6O12P3/c14-7-9(21)6(3-29-34(25,26)32-35(27,28)31-33(22,23)24)30-12(7)20-4-16-8-10(17-5-1-2-5)18-13(15)19-11(8)20/h4-7,9,12,21H,1-3H2,(H,25,26)(H,27,28)(H2,22,23,24)(H3,15,17,18,19)/t6-,7-,9-,12-/m1/s1. The maximum absolute atomic E-state index is 14.9. The highest BCUT2D eigenvalue weighted by molar-refractivity contribution is 7.66. The summed E-state index contributed by atoms with van der Waals surface area (Å²) in [5, 5.41) is 13.3. The van der Waals surface area contributed by atoms with Crippen molar-refractivity contribution in [3.05, 3.63) is 6.33 Å². The fourth-order valence-electron chi connectivity index (χ4n) is 3.18. The second kappa shape index (κ2) is 9.37. The molecule has 35 heavy (non-hydrogen) atoms. The van der Waals surface area contributed by atoms with Crippen LogP contribution in [0.2, 0.25) is 0 Å². The fraction of sp³-hybridized carbons (Fsp3) is 0.615. The van der Waals surface area contributed by atoms with E-state index < -0.39 is 54.7 Å². The van der Waals surface area contributed by atoms with Crippen molar-refractivity contribution in [2.75, 3.05) is 17.7 Å². The normalized spacial score (nSPS) is 28.6. The van der Waals surface area contributed by atoms with Crippen LogP contribution in [0, 0.1) is 0 Å². The third-order valence-electron chi connectivity index (χ3n) is 4.74. The Hall–Kier alpha value is -1.59. The second-order valence-corrected chi connectivity index (χ2v) is 12.0. The molecule has 0 bridgehead atoms. The number of anilines is 2. The van der Waals surface area contributed by atoms with E-state index in [0.717, 1.165) is 17.4 Å². The van der Waals surface area contributed by atoms with Crippen molar-refractivity contribution in [2.24, 2.45) is 0 Å². The molecule has 8 N–H and O–H groups in total. The predicted octanol–water partition coefficient (Wildman–Crippen LogP) is -0.0775. The Morgan fingerprint density at radius 3 is 2.49 bits per heavy atom. The molecular formula is C13H20FN6O12P3. The van der Waals surface area contributed by atoms with Crippen LogP contribution in [0.1, 0.15) is 19.1 Å². The molecule has 1 saturated heterocycles. The molecule has 0 radical (unpaired) electrons. The Morgan fingerprint density at radius 1 is 1.17 bits per heavy atom. The summed E-state index contributed by atoms with van der Waals surface area (Å²) in [4.78, 5) is 48.0. The van der Waals surface area contributed by atoms with E-state index in [1.165, 1.54) is 6.33 Å². The average molecular weight is 564 g/mol. The zero-order chi connectivity index (χ0) is 25.8. The van der Waals surface area contributed by atoms with Gasteiger partial charge in [-0.05, 0) is 12.8 Å². The number of aromatic nitrogens is 4. The zero-order valence-corrected chi connectivity index (χ0v) is 19.9. The molecule has 0 aromatic carbocycles. The van der Waals surface area contributed by atoms with Gasteiger partial charge in [-0.3, -0.25) is 9.09 Å². The summed E-state index contributed by atoms with van der Waals surface area (Å²) in [5.74, 6) is 0.187. The highest BCUT2D eigenvalue weighted by Gasteiger charge is 2.48. The van der Waals surface area contributed by atoms with E-state index in [2.05, 4.69) is 33.4 Å². The molecule has 2 aromatic heterocycles. The van der Waals surface area contributed by atoms with E-state index in [0.29, 0.717) is 5.82 Å². The van der Waals surface area contributed by atoms with Gasteiger partial charge in [0.25, 0.3) is 0 Å². The number of alkyl halides is 1. The van der Waals surface area contributed by atoms with Gasteiger partial charge in [0.1, 0.15) is 12.2 Å². The van der Waals surface area contributed by atoms with Gasteiger partial charge < -0.3 is 40.5 Å². The van der Waals surface area contributed by atoms with Crippen molar-refractivity contribution < 1.29 is 60.6 Å². The number of imidazole rings is 1. The van der Waals surface area contributed by atoms with Gasteiger partial charge in [0.05, 0.1) is 12.9 Å². The number of halogens is 1. The highest BCUT2D eigenvalue weighted by Crippen LogP contribution is 2.66. The number of aliphatic hydroxyl groups is 1. The van der Waals surface area contributed by atoms with Gasteiger partial charge in [0, 0.05) is 6.04 Å². The minimum absolute atomic E-state index is 0.0778. The lowest BCUT2D eigenvalue weighted by Gasteiger charge is -2.19. The van der Waals surface area contributed by atoms with Gasteiger partial charge in [-0.15, -0.1) is 0 Å². The predicted molar refractivity (Wildman–Crippen MR) is 111 cm³/mol. The molecule has 1 aliphatic heterocycles. The third kappa shape index (κ3) is 6.40. The SMILES string of the molecule is Nc1nc(NC2CC2)c2ncn([C@@H]3O[C@H](COP(=O)(O)OP(=O)(O)OP(=O)(O)O)[C@@H](O)[C@H]3F)c2n1. The summed E-state index contributed by atoms with van der Waals surface area (Å²) in [5.41, 5.74) is 6.07. The molecule has 18 nitrogen and oxygen atoms in total. The number of hydrogen-bond donors (Lipinski definition) is 7. The molecule has 2 fully saturated rings. The van der Waals surface area contributed by atoms with E-state index in [9.17, 15) is 33.0 Å². The van der Waals surface area contributed by atoms with Crippen molar-refractivity contribution in [1.82, 2.24) is 19.5 Å². The van der Waals surface area contributed by atoms with E-state index in [1.807, 2.05) is 0 Å². The van der Waals surface area contributed by atoms with E-state index in [4.69, 9.17) is 20.3 Å². The number of nitrogens with zero attached hydrogens (tertiary/aromatic N) is 4. The van der Waals surface area contributed by atoms with Crippen LogP contribution in [0.25, 0.3) is 11.2 Å². The number of phosphoric ester groups is 1. The molecule has 2 aliphatic rings. The molecular weight excluding hydrogens is 544 g/mol. The number of nitrogens with one attached hydrogen (secondary N) is 1. The summed E-state index contributed by atoms with van der Waals surface area (Å²) in [7, 11) is -16.8. The average Bonchev–Trinajstić information content (AvgIpc) is 3.34. The number of fused-ring (bicyclic) bond motifs is 1. The first kappa shape index (κ1) is 26.5. The van der Waals surface area contributed by atoms with E-state index in [1.54, 1.807) is 0 Å². The van der Waals surface area contributed by atoms with Gasteiger partial charge in [0.2, 0.25) is 5.95 Å². The molecule has 3 heterocycles. The van der Waals surface area contributed by atoms with Crippen LogP contribution in [0.3, 0.4) is 0 Å². The summed E-state index contributed by atoms with van der Waals surface area (Å²) >= 11 is 0. The quantitative estimate of drug-likeness (QED) is 0.186. The van der Waals surface area contributed by atoms with Crippen LogP contribution in [0.5, 0.6) is 0 Å². The lowest BCUT2D eigenvalue weighted by Crippen LogP contribution is -2.31. The van der Waals surface area contributed by atoms with Crippen LogP contribution in [-0.4, -0.2) is 75.2 Å². The Bertz CT molecular complexity index is 1250. The van der Waals surface area contributed by atoms with Gasteiger partial charge in [-0.1, -0.05) is 0 Å². The van der Waals surface area contributed by atoms with Gasteiger partial charge in [0.15, 0.2) is 29.4 Å². The van der Waals surface area contributed by atoms with Crippen LogP contribution in [0.4, 0.5) is 16.2 Å².